The van der Waals surface area contributed by atoms with Crippen LogP contribution in [0, 0.1) is 0 Å². The van der Waals surface area contributed by atoms with Crippen LogP contribution in [-0.4, -0.2) is 55.9 Å². The first-order valence-corrected chi connectivity index (χ1v) is 9.00. The second-order valence-electron chi connectivity index (χ2n) is 6.53. The summed E-state index contributed by atoms with van der Waals surface area (Å²) in [6.45, 7) is 0.141. The molecule has 0 aliphatic heterocycles. The Bertz CT molecular complexity index is 944. The molecule has 0 spiro atoms. The Morgan fingerprint density at radius 1 is 0.867 bits per heavy atom. The van der Waals surface area contributed by atoms with Crippen LogP contribution in [0.5, 0.6) is 23.0 Å². The highest BCUT2D eigenvalue weighted by molar-refractivity contribution is 5.98. The minimum Gasteiger partial charge on any atom is -0.504 e. The van der Waals surface area contributed by atoms with Gasteiger partial charge in [0.1, 0.15) is 6.04 Å². The SMILES string of the molecule is O=C(O)CC[C@H](NC(=O)c1ccc(O)c(O)c1)C(=O)NCCc1ccc(O)c(O)c1. The fraction of sp³-hybridized carbons (Fsp3) is 0.250. The summed E-state index contributed by atoms with van der Waals surface area (Å²) >= 11 is 0. The second-order valence-corrected chi connectivity index (χ2v) is 6.53. The summed E-state index contributed by atoms with van der Waals surface area (Å²) in [6.07, 6.45) is -0.187. The predicted octanol–water partition coefficient (Wildman–Crippen LogP) is 0.831. The molecule has 7 N–H and O–H groups in total. The Labute approximate surface area is 171 Å². The van der Waals surface area contributed by atoms with Crippen LogP contribution in [0.3, 0.4) is 0 Å². The molecule has 10 heteroatoms. The van der Waals surface area contributed by atoms with Gasteiger partial charge in [-0.15, -0.1) is 0 Å². The predicted molar refractivity (Wildman–Crippen MR) is 104 cm³/mol. The average Bonchev–Trinajstić information content (AvgIpc) is 2.69. The number of aromatic hydroxyl groups is 4. The van der Waals surface area contributed by atoms with E-state index in [0.29, 0.717) is 12.0 Å². The Morgan fingerprint density at radius 2 is 1.50 bits per heavy atom. The van der Waals surface area contributed by atoms with Gasteiger partial charge in [-0.2, -0.15) is 0 Å². The van der Waals surface area contributed by atoms with Crippen molar-refractivity contribution in [1.29, 1.82) is 0 Å². The van der Waals surface area contributed by atoms with E-state index in [1.165, 1.54) is 18.2 Å². The molecule has 0 aliphatic carbocycles. The van der Waals surface area contributed by atoms with Gasteiger partial charge in [-0.05, 0) is 48.7 Å². The zero-order chi connectivity index (χ0) is 22.3. The molecule has 1 atom stereocenters. The van der Waals surface area contributed by atoms with Crippen molar-refractivity contribution in [3.05, 3.63) is 47.5 Å². The van der Waals surface area contributed by atoms with Gasteiger partial charge in [0.05, 0.1) is 0 Å². The zero-order valence-electron chi connectivity index (χ0n) is 15.8. The van der Waals surface area contributed by atoms with Crippen LogP contribution >= 0.6 is 0 Å². The van der Waals surface area contributed by atoms with Crippen molar-refractivity contribution in [2.45, 2.75) is 25.3 Å². The van der Waals surface area contributed by atoms with Gasteiger partial charge in [-0.1, -0.05) is 6.07 Å². The van der Waals surface area contributed by atoms with Gasteiger partial charge in [0.25, 0.3) is 5.91 Å². The molecule has 2 rings (SSSR count). The standard InChI is InChI=1S/C20H22N2O8/c23-14-4-1-11(9-16(14)25)7-8-21-20(30)13(3-6-18(27)28)22-19(29)12-2-5-15(24)17(26)10-12/h1-2,4-5,9-10,13,23-26H,3,6-8H2,(H,21,30)(H,22,29)(H,27,28)/t13-/m0/s1. The number of carboxylic acid groups (broad SMARTS) is 1. The number of nitrogens with one attached hydrogen (secondary N) is 2. The fourth-order valence-corrected chi connectivity index (χ4v) is 2.62. The lowest BCUT2D eigenvalue weighted by Crippen LogP contribution is -2.47. The van der Waals surface area contributed by atoms with E-state index >= 15 is 0 Å². The number of phenols is 4. The first kappa shape index (κ1) is 22.3. The van der Waals surface area contributed by atoms with Crippen molar-refractivity contribution < 1.29 is 39.9 Å². The molecule has 0 unspecified atom stereocenters. The highest BCUT2D eigenvalue weighted by atomic mass is 16.4. The van der Waals surface area contributed by atoms with Crippen molar-refractivity contribution in [3.63, 3.8) is 0 Å². The number of amides is 2. The number of hydrogen-bond donors (Lipinski definition) is 7. The minimum absolute atomic E-state index is 0.0157. The Morgan fingerprint density at radius 3 is 2.10 bits per heavy atom. The molecule has 0 heterocycles. The Balaban J connectivity index is 2.00. The van der Waals surface area contributed by atoms with Gasteiger partial charge in [0, 0.05) is 18.5 Å². The first-order chi connectivity index (χ1) is 14.2. The number of carboxylic acids is 1. The van der Waals surface area contributed by atoms with E-state index in [4.69, 9.17) is 5.11 Å². The van der Waals surface area contributed by atoms with Crippen LogP contribution in [0.15, 0.2) is 36.4 Å². The van der Waals surface area contributed by atoms with Crippen LogP contribution in [0.1, 0.15) is 28.8 Å². The zero-order valence-corrected chi connectivity index (χ0v) is 15.8. The number of hydrogen-bond acceptors (Lipinski definition) is 7. The maximum absolute atomic E-state index is 12.5. The third-order valence-electron chi connectivity index (χ3n) is 4.26. The highest BCUT2D eigenvalue weighted by Crippen LogP contribution is 2.25. The van der Waals surface area contributed by atoms with Gasteiger partial charge in [-0.25, -0.2) is 0 Å². The summed E-state index contributed by atoms with van der Waals surface area (Å²) in [5, 5.41) is 51.5. The van der Waals surface area contributed by atoms with Crippen LogP contribution in [0.4, 0.5) is 0 Å². The Hall–Kier alpha value is -3.95. The molecule has 160 valence electrons. The summed E-state index contributed by atoms with van der Waals surface area (Å²) < 4.78 is 0. The number of aliphatic carboxylic acids is 1. The molecule has 0 fully saturated rings. The third kappa shape index (κ3) is 6.30. The molecule has 0 saturated carbocycles. The van der Waals surface area contributed by atoms with Gasteiger partial charge < -0.3 is 36.2 Å². The van der Waals surface area contributed by atoms with E-state index in [1.54, 1.807) is 6.07 Å². The summed E-state index contributed by atoms with van der Waals surface area (Å²) in [4.78, 5) is 35.7. The van der Waals surface area contributed by atoms with Crippen LogP contribution < -0.4 is 10.6 Å². The quantitative estimate of drug-likeness (QED) is 0.293. The first-order valence-electron chi connectivity index (χ1n) is 9.00. The number of carbonyl (C=O) groups is 3. The van der Waals surface area contributed by atoms with Gasteiger partial charge >= 0.3 is 5.97 Å². The number of rotatable bonds is 9. The molecular formula is C20H22N2O8. The smallest absolute Gasteiger partial charge is 0.303 e. The number of phenolic OH excluding ortho intramolecular Hbond substituents is 4. The maximum Gasteiger partial charge on any atom is 0.303 e. The van der Waals surface area contributed by atoms with Gasteiger partial charge in [-0.3, -0.25) is 14.4 Å². The average molecular weight is 418 g/mol. The van der Waals surface area contributed by atoms with E-state index in [9.17, 15) is 34.8 Å². The molecular weight excluding hydrogens is 396 g/mol. The molecule has 0 aromatic heterocycles. The minimum atomic E-state index is -1.14. The molecule has 0 saturated heterocycles. The van der Waals surface area contributed by atoms with Crippen LogP contribution in [0.2, 0.25) is 0 Å². The summed E-state index contributed by atoms with van der Waals surface area (Å²) in [5.41, 5.74) is 0.634. The largest absolute Gasteiger partial charge is 0.504 e. The molecule has 2 aromatic carbocycles. The van der Waals surface area contributed by atoms with Crippen LogP contribution in [-0.2, 0) is 16.0 Å². The topological polar surface area (TPSA) is 176 Å². The molecule has 2 amide bonds. The molecule has 0 bridgehead atoms. The molecule has 10 nitrogen and oxygen atoms in total. The second kappa shape index (κ2) is 10.0. The van der Waals surface area contributed by atoms with E-state index < -0.39 is 35.3 Å². The lowest BCUT2D eigenvalue weighted by Gasteiger charge is -2.18. The maximum atomic E-state index is 12.5. The van der Waals surface area contributed by atoms with Crippen molar-refractivity contribution >= 4 is 17.8 Å². The molecule has 2 aromatic rings. The van der Waals surface area contributed by atoms with E-state index in [0.717, 1.165) is 12.1 Å². The molecule has 0 aliphatic rings. The summed E-state index contributed by atoms with van der Waals surface area (Å²) in [7, 11) is 0. The van der Waals surface area contributed by atoms with Crippen molar-refractivity contribution in [3.8, 4) is 23.0 Å². The van der Waals surface area contributed by atoms with Crippen molar-refractivity contribution in [1.82, 2.24) is 10.6 Å². The van der Waals surface area contributed by atoms with Gasteiger partial charge in [0.15, 0.2) is 23.0 Å². The summed E-state index contributed by atoms with van der Waals surface area (Å²) in [5.74, 6) is -3.93. The lowest BCUT2D eigenvalue weighted by molar-refractivity contribution is -0.137. The normalized spacial score (nSPS) is 11.5. The number of benzene rings is 2. The number of carbonyl (C=O) groups excluding carboxylic acids is 2. The Kier molecular flexibility index (Phi) is 7.45. The lowest BCUT2D eigenvalue weighted by atomic mass is 10.1. The van der Waals surface area contributed by atoms with E-state index in [1.807, 2.05) is 0 Å². The summed E-state index contributed by atoms with van der Waals surface area (Å²) in [6, 6.07) is 6.48. The highest BCUT2D eigenvalue weighted by Gasteiger charge is 2.22. The molecule has 0 radical (unpaired) electrons. The van der Waals surface area contributed by atoms with Crippen molar-refractivity contribution in [2.75, 3.05) is 6.54 Å². The molecule has 30 heavy (non-hydrogen) atoms. The van der Waals surface area contributed by atoms with Crippen LogP contribution in [0.25, 0.3) is 0 Å². The monoisotopic (exact) mass is 418 g/mol. The van der Waals surface area contributed by atoms with Crippen molar-refractivity contribution in [2.24, 2.45) is 0 Å². The van der Waals surface area contributed by atoms with E-state index in [-0.39, 0.29) is 36.4 Å². The van der Waals surface area contributed by atoms with Gasteiger partial charge in [0.2, 0.25) is 5.91 Å². The van der Waals surface area contributed by atoms with E-state index in [2.05, 4.69) is 10.6 Å². The fourth-order valence-electron chi connectivity index (χ4n) is 2.62. The third-order valence-corrected chi connectivity index (χ3v) is 4.26.